The molecule has 0 aliphatic heterocycles. The van der Waals surface area contributed by atoms with Crippen molar-refractivity contribution in [2.24, 2.45) is 17.8 Å². The minimum absolute atomic E-state index is 0.121. The molecule has 0 saturated heterocycles. The molecule has 1 aliphatic carbocycles. The van der Waals surface area contributed by atoms with E-state index in [2.05, 4.69) is 56.4 Å². The largest absolute Gasteiger partial charge is 0.393 e. The smallest absolute Gasteiger partial charge is 0.0574 e. The lowest BCUT2D eigenvalue weighted by atomic mass is 9.72. The van der Waals surface area contributed by atoms with Crippen molar-refractivity contribution in [2.75, 3.05) is 0 Å². The first-order valence-electron chi connectivity index (χ1n) is 7.53. The third-order valence-corrected chi connectivity index (χ3v) is 4.59. The number of rotatable bonds is 4. The highest BCUT2D eigenvalue weighted by Gasteiger charge is 2.35. The van der Waals surface area contributed by atoms with Gasteiger partial charge in [0.05, 0.1) is 6.10 Å². The molecular formula is C17H27NO. The Morgan fingerprint density at radius 1 is 1.21 bits per heavy atom. The molecule has 0 radical (unpaired) electrons. The number of aliphatic hydroxyl groups is 1. The van der Waals surface area contributed by atoms with E-state index in [1.54, 1.807) is 0 Å². The van der Waals surface area contributed by atoms with Crippen molar-refractivity contribution in [1.29, 1.82) is 0 Å². The Kier molecular flexibility index (Phi) is 5.00. The van der Waals surface area contributed by atoms with Crippen LogP contribution in [0, 0.1) is 17.8 Å². The summed E-state index contributed by atoms with van der Waals surface area (Å²) in [6, 6.07) is 11.1. The maximum atomic E-state index is 10.2. The van der Waals surface area contributed by atoms with E-state index in [0.29, 0.717) is 23.8 Å². The number of benzene rings is 1. The lowest BCUT2D eigenvalue weighted by molar-refractivity contribution is 0.0104. The summed E-state index contributed by atoms with van der Waals surface area (Å²) in [6.07, 6.45) is 1.90. The lowest BCUT2D eigenvalue weighted by Crippen LogP contribution is -2.46. The minimum Gasteiger partial charge on any atom is -0.393 e. The van der Waals surface area contributed by atoms with Gasteiger partial charge in [-0.2, -0.15) is 0 Å². The highest BCUT2D eigenvalue weighted by molar-refractivity contribution is 5.14. The van der Waals surface area contributed by atoms with Crippen LogP contribution in [0.3, 0.4) is 0 Å². The van der Waals surface area contributed by atoms with Gasteiger partial charge in [-0.1, -0.05) is 51.1 Å². The summed E-state index contributed by atoms with van der Waals surface area (Å²) in [5, 5.41) is 13.9. The molecule has 2 N–H and O–H groups in total. The highest BCUT2D eigenvalue weighted by Crippen LogP contribution is 2.33. The summed E-state index contributed by atoms with van der Waals surface area (Å²) in [4.78, 5) is 0. The van der Waals surface area contributed by atoms with Gasteiger partial charge in [-0.25, -0.2) is 0 Å². The molecule has 0 heterocycles. The summed E-state index contributed by atoms with van der Waals surface area (Å²) < 4.78 is 0. The summed E-state index contributed by atoms with van der Waals surface area (Å²) in [7, 11) is 0. The van der Waals surface area contributed by atoms with Crippen LogP contribution in [0.4, 0.5) is 0 Å². The minimum atomic E-state index is -0.121. The van der Waals surface area contributed by atoms with E-state index in [9.17, 15) is 5.11 Å². The third-order valence-electron chi connectivity index (χ3n) is 4.59. The second-order valence-electron chi connectivity index (χ2n) is 6.40. The molecule has 1 aromatic carbocycles. The molecule has 0 bridgehead atoms. The van der Waals surface area contributed by atoms with Crippen LogP contribution in [0.25, 0.3) is 0 Å². The number of nitrogens with one attached hydrogen (secondary N) is 1. The van der Waals surface area contributed by atoms with Gasteiger partial charge in [0.25, 0.3) is 0 Å². The van der Waals surface area contributed by atoms with Gasteiger partial charge in [-0.15, -0.1) is 0 Å². The van der Waals surface area contributed by atoms with E-state index in [1.807, 2.05) is 0 Å². The molecule has 106 valence electrons. The van der Waals surface area contributed by atoms with Crippen LogP contribution in [0.2, 0.25) is 0 Å². The van der Waals surface area contributed by atoms with Crippen LogP contribution >= 0.6 is 0 Å². The van der Waals surface area contributed by atoms with Gasteiger partial charge in [-0.3, -0.25) is 0 Å². The van der Waals surface area contributed by atoms with Crippen LogP contribution in [0.15, 0.2) is 30.3 Å². The maximum Gasteiger partial charge on any atom is 0.0574 e. The molecule has 19 heavy (non-hydrogen) atoms. The Morgan fingerprint density at radius 2 is 1.89 bits per heavy atom. The van der Waals surface area contributed by atoms with E-state index in [4.69, 9.17) is 0 Å². The van der Waals surface area contributed by atoms with Crippen molar-refractivity contribution in [3.05, 3.63) is 35.9 Å². The van der Waals surface area contributed by atoms with E-state index >= 15 is 0 Å². The Bertz CT molecular complexity index is 376. The Labute approximate surface area is 117 Å². The molecule has 0 spiro atoms. The van der Waals surface area contributed by atoms with E-state index in [-0.39, 0.29) is 6.10 Å². The SMILES string of the molecule is CC(C)[C@@H]1CC(NCc2ccccc2)[C@H](C)C[C@H]1O. The topological polar surface area (TPSA) is 32.3 Å². The van der Waals surface area contributed by atoms with Gasteiger partial charge in [0, 0.05) is 12.6 Å². The molecule has 4 atom stereocenters. The summed E-state index contributed by atoms with van der Waals surface area (Å²) >= 11 is 0. The Balaban J connectivity index is 1.92. The van der Waals surface area contributed by atoms with E-state index < -0.39 is 0 Å². The quantitative estimate of drug-likeness (QED) is 0.872. The van der Waals surface area contributed by atoms with Crippen LogP contribution in [-0.2, 0) is 6.54 Å². The van der Waals surface area contributed by atoms with Crippen LogP contribution in [0.1, 0.15) is 39.2 Å². The van der Waals surface area contributed by atoms with Crippen LogP contribution in [0.5, 0.6) is 0 Å². The average molecular weight is 261 g/mol. The average Bonchev–Trinajstić information content (AvgIpc) is 2.38. The van der Waals surface area contributed by atoms with Gasteiger partial charge in [0.1, 0.15) is 0 Å². The van der Waals surface area contributed by atoms with Crippen LogP contribution in [-0.4, -0.2) is 17.3 Å². The van der Waals surface area contributed by atoms with Gasteiger partial charge in [0.15, 0.2) is 0 Å². The van der Waals surface area contributed by atoms with Gasteiger partial charge in [-0.05, 0) is 36.2 Å². The lowest BCUT2D eigenvalue weighted by Gasteiger charge is -2.40. The number of hydrogen-bond acceptors (Lipinski definition) is 2. The molecule has 2 nitrogen and oxygen atoms in total. The molecule has 1 saturated carbocycles. The van der Waals surface area contributed by atoms with Gasteiger partial charge in [0.2, 0.25) is 0 Å². The van der Waals surface area contributed by atoms with E-state index in [1.165, 1.54) is 5.56 Å². The second-order valence-corrected chi connectivity index (χ2v) is 6.40. The van der Waals surface area contributed by atoms with Crippen molar-refractivity contribution in [1.82, 2.24) is 5.32 Å². The zero-order valence-corrected chi connectivity index (χ0v) is 12.3. The first-order valence-corrected chi connectivity index (χ1v) is 7.53. The van der Waals surface area contributed by atoms with Crippen molar-refractivity contribution >= 4 is 0 Å². The van der Waals surface area contributed by atoms with Crippen molar-refractivity contribution < 1.29 is 5.11 Å². The highest BCUT2D eigenvalue weighted by atomic mass is 16.3. The molecule has 2 rings (SSSR count). The van der Waals surface area contributed by atoms with Crippen molar-refractivity contribution in [2.45, 2.75) is 52.3 Å². The fourth-order valence-corrected chi connectivity index (χ4v) is 3.25. The summed E-state index contributed by atoms with van der Waals surface area (Å²) in [6.45, 7) is 7.62. The monoisotopic (exact) mass is 261 g/mol. The molecule has 0 aromatic heterocycles. The van der Waals surface area contributed by atoms with Crippen LogP contribution < -0.4 is 5.32 Å². The van der Waals surface area contributed by atoms with Gasteiger partial charge < -0.3 is 10.4 Å². The van der Waals surface area contributed by atoms with Crippen molar-refractivity contribution in [3.8, 4) is 0 Å². The Hall–Kier alpha value is -0.860. The number of hydrogen-bond donors (Lipinski definition) is 2. The van der Waals surface area contributed by atoms with Gasteiger partial charge >= 0.3 is 0 Å². The standard InChI is InChI=1S/C17H27NO/c1-12(2)15-10-16(13(3)9-17(15)19)18-11-14-7-5-4-6-8-14/h4-8,12-13,15-19H,9-11H2,1-3H3/t13-,15+,16?,17-/m1/s1. The molecule has 2 heteroatoms. The molecule has 1 aromatic rings. The molecule has 0 amide bonds. The molecule has 1 aliphatic rings. The summed E-state index contributed by atoms with van der Waals surface area (Å²) in [5.41, 5.74) is 1.34. The predicted octanol–water partition coefficient (Wildman–Crippen LogP) is 3.21. The fraction of sp³-hybridized carbons (Fsp3) is 0.647. The van der Waals surface area contributed by atoms with Crippen molar-refractivity contribution in [3.63, 3.8) is 0 Å². The second kappa shape index (κ2) is 6.53. The predicted molar refractivity (Wildman–Crippen MR) is 79.8 cm³/mol. The fourth-order valence-electron chi connectivity index (χ4n) is 3.25. The first-order chi connectivity index (χ1) is 9.08. The normalized spacial score (nSPS) is 31.6. The first kappa shape index (κ1) is 14.5. The zero-order chi connectivity index (χ0) is 13.8. The molecule has 1 fully saturated rings. The maximum absolute atomic E-state index is 10.2. The van der Waals surface area contributed by atoms with E-state index in [0.717, 1.165) is 19.4 Å². The Morgan fingerprint density at radius 3 is 2.53 bits per heavy atom. The summed E-state index contributed by atoms with van der Waals surface area (Å²) in [5.74, 6) is 1.54. The number of aliphatic hydroxyl groups excluding tert-OH is 1. The molecular weight excluding hydrogens is 234 g/mol. The zero-order valence-electron chi connectivity index (χ0n) is 12.3. The molecule has 1 unspecified atom stereocenters. The third kappa shape index (κ3) is 3.80.